The van der Waals surface area contributed by atoms with Crippen molar-refractivity contribution in [1.29, 1.82) is 0 Å². The molecule has 0 spiro atoms. The van der Waals surface area contributed by atoms with Gasteiger partial charge in [-0.1, -0.05) is 24.3 Å². The lowest BCUT2D eigenvalue weighted by molar-refractivity contribution is -0.132. The zero-order valence-corrected chi connectivity index (χ0v) is 17.3. The van der Waals surface area contributed by atoms with Gasteiger partial charge in [0.2, 0.25) is 5.91 Å². The molecular formula is C23H27N5O2. The lowest BCUT2D eigenvalue weighted by atomic mass is 9.98. The molecule has 30 heavy (non-hydrogen) atoms. The first kappa shape index (κ1) is 18.9. The molecule has 0 saturated carbocycles. The standard InChI is InChI=1S/C23H27N5O2/c1-25-20-6-2-3-7-21(20)28(23(25)30)16-22(29)27-13-11-26(12-14-27)19-8-4-5-17-9-10-24-15-18(17)19/h2-8,24H,9-16H2,1H3. The first-order chi connectivity index (χ1) is 14.6. The molecule has 5 rings (SSSR count). The fourth-order valence-electron chi connectivity index (χ4n) is 4.74. The Hall–Kier alpha value is -3.06. The van der Waals surface area contributed by atoms with E-state index in [1.54, 1.807) is 16.2 Å². The van der Waals surface area contributed by atoms with Crippen LogP contribution >= 0.6 is 0 Å². The molecule has 0 unspecified atom stereocenters. The molecule has 3 aromatic rings. The number of aryl methyl sites for hydroxylation is 1. The summed E-state index contributed by atoms with van der Waals surface area (Å²) in [6.07, 6.45) is 1.07. The van der Waals surface area contributed by atoms with E-state index in [0.29, 0.717) is 13.1 Å². The second-order valence-corrected chi connectivity index (χ2v) is 8.13. The number of para-hydroxylation sites is 2. The smallest absolute Gasteiger partial charge is 0.329 e. The fourth-order valence-corrected chi connectivity index (χ4v) is 4.74. The number of amides is 1. The lowest BCUT2D eigenvalue weighted by Gasteiger charge is -2.38. The zero-order valence-electron chi connectivity index (χ0n) is 17.3. The normalized spacial score (nSPS) is 16.7. The summed E-state index contributed by atoms with van der Waals surface area (Å²) >= 11 is 0. The number of aromatic nitrogens is 2. The Morgan fingerprint density at radius 3 is 2.57 bits per heavy atom. The van der Waals surface area contributed by atoms with Gasteiger partial charge in [-0.2, -0.15) is 0 Å². The molecule has 2 aromatic carbocycles. The Morgan fingerprint density at radius 1 is 1.00 bits per heavy atom. The minimum Gasteiger partial charge on any atom is -0.368 e. The van der Waals surface area contributed by atoms with Crippen LogP contribution in [0.1, 0.15) is 11.1 Å². The third-order valence-corrected chi connectivity index (χ3v) is 6.44. The highest BCUT2D eigenvalue weighted by molar-refractivity contribution is 5.81. The molecule has 0 aliphatic carbocycles. The predicted molar refractivity (Wildman–Crippen MR) is 118 cm³/mol. The number of nitrogens with zero attached hydrogens (tertiary/aromatic N) is 4. The molecule has 0 atom stereocenters. The Bertz CT molecular complexity index is 1150. The van der Waals surface area contributed by atoms with Crippen molar-refractivity contribution in [3.63, 3.8) is 0 Å². The van der Waals surface area contributed by atoms with Gasteiger partial charge in [0, 0.05) is 45.5 Å². The number of carbonyl (C=O) groups excluding carboxylic acids is 1. The Labute approximate surface area is 175 Å². The molecule has 3 heterocycles. The van der Waals surface area contributed by atoms with Crippen LogP contribution in [0.5, 0.6) is 0 Å². The highest BCUT2D eigenvalue weighted by atomic mass is 16.2. The van der Waals surface area contributed by atoms with Crippen molar-refractivity contribution >= 4 is 22.6 Å². The number of anilines is 1. The van der Waals surface area contributed by atoms with E-state index < -0.39 is 0 Å². The van der Waals surface area contributed by atoms with E-state index in [1.165, 1.54) is 16.8 Å². The van der Waals surface area contributed by atoms with Crippen molar-refractivity contribution in [1.82, 2.24) is 19.4 Å². The first-order valence-corrected chi connectivity index (χ1v) is 10.6. The lowest BCUT2D eigenvalue weighted by Crippen LogP contribution is -2.50. The molecule has 1 saturated heterocycles. The maximum Gasteiger partial charge on any atom is 0.329 e. The highest BCUT2D eigenvalue weighted by Gasteiger charge is 2.25. The summed E-state index contributed by atoms with van der Waals surface area (Å²) in [5, 5.41) is 3.47. The molecule has 1 fully saturated rings. The van der Waals surface area contributed by atoms with Crippen LogP contribution in [0.2, 0.25) is 0 Å². The Morgan fingerprint density at radius 2 is 1.77 bits per heavy atom. The number of piperazine rings is 1. The quantitative estimate of drug-likeness (QED) is 0.714. The van der Waals surface area contributed by atoms with Crippen LogP contribution in [-0.2, 0) is 31.4 Å². The van der Waals surface area contributed by atoms with Gasteiger partial charge in [0.25, 0.3) is 0 Å². The topological polar surface area (TPSA) is 62.5 Å². The van der Waals surface area contributed by atoms with E-state index in [-0.39, 0.29) is 18.1 Å². The maximum atomic E-state index is 13.0. The van der Waals surface area contributed by atoms with Crippen molar-refractivity contribution in [3.8, 4) is 0 Å². The predicted octanol–water partition coefficient (Wildman–Crippen LogP) is 1.33. The monoisotopic (exact) mass is 405 g/mol. The minimum absolute atomic E-state index is 0.00450. The number of carbonyl (C=O) groups is 1. The summed E-state index contributed by atoms with van der Waals surface area (Å²) in [5.41, 5.74) is 5.62. The van der Waals surface area contributed by atoms with E-state index in [0.717, 1.165) is 43.6 Å². The number of rotatable bonds is 3. The van der Waals surface area contributed by atoms with E-state index in [4.69, 9.17) is 0 Å². The molecule has 0 bridgehead atoms. The van der Waals surface area contributed by atoms with Crippen LogP contribution in [0.25, 0.3) is 11.0 Å². The van der Waals surface area contributed by atoms with Gasteiger partial charge >= 0.3 is 5.69 Å². The first-order valence-electron chi connectivity index (χ1n) is 10.6. The SMILES string of the molecule is Cn1c(=O)n(CC(=O)N2CCN(c3cccc4c3CNCC4)CC2)c2ccccc21. The second-order valence-electron chi connectivity index (χ2n) is 8.13. The van der Waals surface area contributed by atoms with Crippen LogP contribution in [0.3, 0.4) is 0 Å². The summed E-state index contributed by atoms with van der Waals surface area (Å²) in [6.45, 7) is 5.01. The van der Waals surface area contributed by atoms with Gasteiger partial charge in [0.05, 0.1) is 11.0 Å². The zero-order chi connectivity index (χ0) is 20.7. The third kappa shape index (κ3) is 3.19. The van der Waals surface area contributed by atoms with E-state index in [9.17, 15) is 9.59 Å². The summed E-state index contributed by atoms with van der Waals surface area (Å²) < 4.78 is 3.19. The van der Waals surface area contributed by atoms with Gasteiger partial charge in [0.1, 0.15) is 6.54 Å². The Kier molecular flexibility index (Phi) is 4.83. The molecule has 2 aliphatic heterocycles. The fraction of sp³-hybridized carbons (Fsp3) is 0.391. The molecule has 1 N–H and O–H groups in total. The van der Waals surface area contributed by atoms with Gasteiger partial charge < -0.3 is 15.1 Å². The van der Waals surface area contributed by atoms with Crippen molar-refractivity contribution in [2.45, 2.75) is 19.5 Å². The van der Waals surface area contributed by atoms with Gasteiger partial charge in [-0.3, -0.25) is 13.9 Å². The van der Waals surface area contributed by atoms with E-state index in [1.807, 2.05) is 29.2 Å². The molecule has 7 heteroatoms. The van der Waals surface area contributed by atoms with Crippen LogP contribution in [0.15, 0.2) is 47.3 Å². The molecule has 1 aromatic heterocycles. The maximum absolute atomic E-state index is 13.0. The summed E-state index contributed by atoms with van der Waals surface area (Å²) in [7, 11) is 1.75. The van der Waals surface area contributed by atoms with Gasteiger partial charge in [-0.05, 0) is 42.3 Å². The molecule has 2 aliphatic rings. The summed E-state index contributed by atoms with van der Waals surface area (Å²) in [6, 6.07) is 14.2. The van der Waals surface area contributed by atoms with Gasteiger partial charge in [-0.15, -0.1) is 0 Å². The van der Waals surface area contributed by atoms with Crippen molar-refractivity contribution in [3.05, 3.63) is 64.1 Å². The van der Waals surface area contributed by atoms with Crippen LogP contribution in [0.4, 0.5) is 5.69 Å². The minimum atomic E-state index is -0.147. The average molecular weight is 406 g/mol. The van der Waals surface area contributed by atoms with Crippen molar-refractivity contribution in [2.24, 2.45) is 7.05 Å². The van der Waals surface area contributed by atoms with Crippen molar-refractivity contribution < 1.29 is 4.79 Å². The largest absolute Gasteiger partial charge is 0.368 e. The molecule has 0 radical (unpaired) electrons. The summed E-state index contributed by atoms with van der Waals surface area (Å²) in [5.74, 6) is 0.00450. The van der Waals surface area contributed by atoms with Crippen LogP contribution < -0.4 is 15.9 Å². The average Bonchev–Trinajstić information content (AvgIpc) is 3.04. The third-order valence-electron chi connectivity index (χ3n) is 6.44. The molecule has 156 valence electrons. The molecular weight excluding hydrogens is 378 g/mol. The number of fused-ring (bicyclic) bond motifs is 2. The van der Waals surface area contributed by atoms with Crippen LogP contribution in [-0.4, -0.2) is 52.7 Å². The van der Waals surface area contributed by atoms with Gasteiger partial charge in [0.15, 0.2) is 0 Å². The molecule has 7 nitrogen and oxygen atoms in total. The molecule has 1 amide bonds. The van der Waals surface area contributed by atoms with Crippen molar-refractivity contribution in [2.75, 3.05) is 37.6 Å². The Balaban J connectivity index is 1.30. The second kappa shape index (κ2) is 7.65. The highest BCUT2D eigenvalue weighted by Crippen LogP contribution is 2.27. The number of benzene rings is 2. The number of hydrogen-bond acceptors (Lipinski definition) is 4. The number of nitrogens with one attached hydrogen (secondary N) is 1. The summed E-state index contributed by atoms with van der Waals surface area (Å²) in [4.78, 5) is 29.9. The number of imidazole rings is 1. The van der Waals surface area contributed by atoms with E-state index >= 15 is 0 Å². The van der Waals surface area contributed by atoms with Gasteiger partial charge in [-0.25, -0.2) is 4.79 Å². The number of hydrogen-bond donors (Lipinski definition) is 1. The van der Waals surface area contributed by atoms with Crippen LogP contribution in [0, 0.1) is 0 Å². The van der Waals surface area contributed by atoms with E-state index in [2.05, 4.69) is 28.4 Å².